The summed E-state index contributed by atoms with van der Waals surface area (Å²) in [6, 6.07) is 6.03. The summed E-state index contributed by atoms with van der Waals surface area (Å²) in [6.07, 6.45) is 5.21. The molecule has 5 heterocycles. The third-order valence-corrected chi connectivity index (χ3v) is 10.7. The number of carbonyl (C=O) groups is 3. The number of ether oxygens (including phenoxy) is 1. The number of carbonyl (C=O) groups excluding carboxylic acids is 2. The number of aliphatic hydroxyl groups is 1. The van der Waals surface area contributed by atoms with Crippen molar-refractivity contribution in [3.8, 4) is 0 Å². The minimum atomic E-state index is -0.930. The number of nitrogens with one attached hydrogen (secondary N) is 3. The number of amides is 1. The van der Waals surface area contributed by atoms with Gasteiger partial charge in [-0.05, 0) is 92.5 Å². The van der Waals surface area contributed by atoms with Crippen molar-refractivity contribution in [2.75, 3.05) is 20.3 Å². The number of aliphatic carboxylic acids is 1. The molecule has 0 radical (unpaired) electrons. The molecule has 2 aliphatic rings. The summed E-state index contributed by atoms with van der Waals surface area (Å²) in [6.45, 7) is 12.7. The van der Waals surface area contributed by atoms with E-state index < -0.39 is 11.9 Å². The van der Waals surface area contributed by atoms with E-state index in [1.165, 1.54) is 7.11 Å². The van der Waals surface area contributed by atoms with Gasteiger partial charge < -0.3 is 30.2 Å². The highest BCUT2D eigenvalue weighted by Crippen LogP contribution is 2.44. The molecule has 5 rings (SSSR count). The third kappa shape index (κ3) is 7.84. The molecular formula is C41H53N5O6. The van der Waals surface area contributed by atoms with Crippen molar-refractivity contribution in [2.24, 2.45) is 0 Å². The molecule has 3 aromatic rings. The maximum atomic E-state index is 14.2. The Morgan fingerprint density at radius 2 is 1.60 bits per heavy atom. The van der Waals surface area contributed by atoms with Gasteiger partial charge in [-0.3, -0.25) is 19.4 Å². The van der Waals surface area contributed by atoms with Gasteiger partial charge in [-0.1, -0.05) is 40.0 Å². The molecule has 0 fully saturated rings. The van der Waals surface area contributed by atoms with Crippen molar-refractivity contribution in [2.45, 2.75) is 111 Å². The summed E-state index contributed by atoms with van der Waals surface area (Å²) in [7, 11) is 1.32. The summed E-state index contributed by atoms with van der Waals surface area (Å²) in [5.41, 5.74) is 11.4. The Bertz CT molecular complexity index is 2060. The number of hydrogen-bond acceptors (Lipinski definition) is 7. The van der Waals surface area contributed by atoms with Crippen LogP contribution in [0, 0.1) is 13.8 Å². The summed E-state index contributed by atoms with van der Waals surface area (Å²) >= 11 is 0. The summed E-state index contributed by atoms with van der Waals surface area (Å²) < 4.78 is 5.18. The molecule has 0 aliphatic carbocycles. The highest BCUT2D eigenvalue weighted by Gasteiger charge is 2.35. The second kappa shape index (κ2) is 16.7. The van der Waals surface area contributed by atoms with Crippen LogP contribution < -0.4 is 5.32 Å². The van der Waals surface area contributed by atoms with Crippen LogP contribution in [0.2, 0.25) is 0 Å². The number of allylic oxidation sites excluding steroid dienone is 1. The lowest BCUT2D eigenvalue weighted by atomic mass is 9.84. The van der Waals surface area contributed by atoms with E-state index in [9.17, 15) is 24.6 Å². The van der Waals surface area contributed by atoms with Crippen LogP contribution in [-0.2, 0) is 38.4 Å². The predicted molar refractivity (Wildman–Crippen MR) is 204 cm³/mol. The Hall–Kier alpha value is -4.77. The highest BCUT2D eigenvalue weighted by atomic mass is 16.5. The molecule has 2 atom stereocenters. The van der Waals surface area contributed by atoms with E-state index >= 15 is 0 Å². The lowest BCUT2D eigenvalue weighted by Crippen LogP contribution is -2.26. The van der Waals surface area contributed by atoms with E-state index in [4.69, 9.17) is 14.7 Å². The fourth-order valence-electron chi connectivity index (χ4n) is 7.66. The normalized spacial score (nSPS) is 15.6. The molecule has 5 N–H and O–H groups in total. The van der Waals surface area contributed by atoms with Gasteiger partial charge in [-0.2, -0.15) is 0 Å². The molecule has 0 spiro atoms. The van der Waals surface area contributed by atoms with E-state index in [0.29, 0.717) is 46.8 Å². The molecule has 8 bridgehead atoms. The SMILES string of the molecule is CCCCCCNC(=O)C1=C(C)c2cc3[nH]c(cc4[nH]c(cc5nc(c(CC(=O)OC)c1n2)C(CCC(=O)O)C5C)c(C)c4CCO)c(C)c3CC. The molecule has 2 aliphatic heterocycles. The first kappa shape index (κ1) is 38.5. The molecule has 2 unspecified atom stereocenters. The number of carboxylic acid groups (broad SMARTS) is 1. The Morgan fingerprint density at radius 3 is 2.25 bits per heavy atom. The van der Waals surface area contributed by atoms with E-state index in [0.717, 1.165) is 82.1 Å². The van der Waals surface area contributed by atoms with Crippen molar-refractivity contribution >= 4 is 51.1 Å². The van der Waals surface area contributed by atoms with E-state index in [1.807, 2.05) is 32.9 Å². The van der Waals surface area contributed by atoms with Crippen LogP contribution in [0.3, 0.4) is 0 Å². The van der Waals surface area contributed by atoms with E-state index in [2.05, 4.69) is 42.1 Å². The molecule has 0 aromatic carbocycles. The van der Waals surface area contributed by atoms with Crippen molar-refractivity contribution in [1.82, 2.24) is 25.3 Å². The molecule has 0 saturated carbocycles. The van der Waals surface area contributed by atoms with Crippen LogP contribution in [0.15, 0.2) is 18.2 Å². The quantitative estimate of drug-likeness (QED) is 0.0869. The number of unbranched alkanes of at least 4 members (excludes halogenated alkanes) is 3. The van der Waals surface area contributed by atoms with Crippen LogP contribution in [0.5, 0.6) is 0 Å². The first-order valence-electron chi connectivity index (χ1n) is 18.6. The van der Waals surface area contributed by atoms with Gasteiger partial charge in [0.05, 0.1) is 36.2 Å². The van der Waals surface area contributed by atoms with Gasteiger partial charge in [0.25, 0.3) is 5.91 Å². The summed E-state index contributed by atoms with van der Waals surface area (Å²) in [5, 5.41) is 22.9. The number of nitrogens with zero attached hydrogens (tertiary/aromatic N) is 2. The van der Waals surface area contributed by atoms with Gasteiger partial charge in [0.2, 0.25) is 0 Å². The predicted octanol–water partition coefficient (Wildman–Crippen LogP) is 7.12. The zero-order chi connectivity index (χ0) is 37.7. The van der Waals surface area contributed by atoms with E-state index in [1.54, 1.807) is 0 Å². The molecule has 3 aromatic heterocycles. The number of aryl methyl sites for hydroxylation is 3. The third-order valence-electron chi connectivity index (χ3n) is 10.7. The van der Waals surface area contributed by atoms with Gasteiger partial charge in [0.1, 0.15) is 0 Å². The minimum absolute atomic E-state index is 0.0149. The average Bonchev–Trinajstić information content (AvgIpc) is 3.79. The maximum Gasteiger partial charge on any atom is 0.310 e. The van der Waals surface area contributed by atoms with Crippen LogP contribution in [-0.4, -0.2) is 68.3 Å². The lowest BCUT2D eigenvalue weighted by molar-refractivity contribution is -0.140. The lowest BCUT2D eigenvalue weighted by Gasteiger charge is -2.18. The zero-order valence-electron chi connectivity index (χ0n) is 31.6. The maximum absolute atomic E-state index is 14.2. The van der Waals surface area contributed by atoms with Crippen LogP contribution in [0.25, 0.3) is 33.2 Å². The number of esters is 1. The number of methoxy groups -OCH3 is 1. The molecule has 0 saturated heterocycles. The average molecular weight is 712 g/mol. The van der Waals surface area contributed by atoms with Crippen LogP contribution in [0.1, 0.15) is 129 Å². The molecule has 1 amide bonds. The monoisotopic (exact) mass is 711 g/mol. The Morgan fingerprint density at radius 1 is 0.904 bits per heavy atom. The number of aliphatic hydroxyl groups excluding tert-OH is 1. The topological polar surface area (TPSA) is 170 Å². The second-order valence-electron chi connectivity index (χ2n) is 14.0. The van der Waals surface area contributed by atoms with Gasteiger partial charge in [-0.25, -0.2) is 4.98 Å². The zero-order valence-corrected chi connectivity index (χ0v) is 31.6. The van der Waals surface area contributed by atoms with Crippen molar-refractivity contribution in [1.29, 1.82) is 0 Å². The number of rotatable bonds is 14. The van der Waals surface area contributed by atoms with Crippen molar-refractivity contribution in [3.63, 3.8) is 0 Å². The molecule has 52 heavy (non-hydrogen) atoms. The Labute approximate surface area is 305 Å². The number of aromatic nitrogens is 4. The Balaban J connectivity index is 1.93. The van der Waals surface area contributed by atoms with Gasteiger partial charge in [0.15, 0.2) is 0 Å². The van der Waals surface area contributed by atoms with E-state index in [-0.39, 0.29) is 43.6 Å². The van der Waals surface area contributed by atoms with Crippen molar-refractivity contribution in [3.05, 3.63) is 68.8 Å². The van der Waals surface area contributed by atoms with Crippen LogP contribution in [0.4, 0.5) is 0 Å². The van der Waals surface area contributed by atoms with Crippen LogP contribution >= 0.6 is 0 Å². The summed E-state index contributed by atoms with van der Waals surface area (Å²) in [5.74, 6) is -2.31. The molecule has 278 valence electrons. The smallest absolute Gasteiger partial charge is 0.310 e. The standard InChI is InChI=1S/C41H53N5O6/c1-8-10-11-12-16-42-41(51)38-25(6)33-21-34-26(9-2)22(3)31(43-34)20-35-27(15-17-47)23(4)30(44-35)19-32-24(5)28(13-14-36(48)49)39(45-32)29(40(38)46-33)18-37(50)52-7/h19-21,24,28,43-44,47H,8-18H2,1-7H3,(H,42,51)(H,48,49). The fourth-order valence-corrected chi connectivity index (χ4v) is 7.66. The fraction of sp³-hybridized carbons (Fsp3) is 0.488. The minimum Gasteiger partial charge on any atom is -0.481 e. The number of H-pyrrole nitrogens is 2. The second-order valence-corrected chi connectivity index (χ2v) is 14.0. The Kier molecular flexibility index (Phi) is 12.4. The summed E-state index contributed by atoms with van der Waals surface area (Å²) in [4.78, 5) is 56.7. The highest BCUT2D eigenvalue weighted by molar-refractivity contribution is 6.27. The first-order valence-corrected chi connectivity index (χ1v) is 18.6. The number of fused-ring (bicyclic) bond motifs is 8. The van der Waals surface area contributed by atoms with Gasteiger partial charge in [0, 0.05) is 64.7 Å². The molecule has 11 heteroatoms. The number of hydrogen-bond donors (Lipinski definition) is 5. The largest absolute Gasteiger partial charge is 0.481 e. The van der Waals surface area contributed by atoms with Gasteiger partial charge >= 0.3 is 11.9 Å². The first-order chi connectivity index (χ1) is 24.9. The number of aromatic amines is 2. The molecular weight excluding hydrogens is 658 g/mol. The number of carboxylic acids is 1. The molecule has 11 nitrogen and oxygen atoms in total. The van der Waals surface area contributed by atoms with Gasteiger partial charge in [-0.15, -0.1) is 0 Å². The van der Waals surface area contributed by atoms with Crippen molar-refractivity contribution < 1.29 is 29.3 Å².